The summed E-state index contributed by atoms with van der Waals surface area (Å²) in [5.41, 5.74) is 0. The molecular formula is C14H24N2O3. The van der Waals surface area contributed by atoms with Crippen molar-refractivity contribution in [2.45, 2.75) is 45.6 Å². The predicted octanol–water partition coefficient (Wildman–Crippen LogP) is 1.93. The Morgan fingerprint density at radius 3 is 2.32 bits per heavy atom. The molecule has 0 spiro atoms. The van der Waals surface area contributed by atoms with Gasteiger partial charge in [0.25, 0.3) is 0 Å². The van der Waals surface area contributed by atoms with Crippen LogP contribution >= 0.6 is 0 Å². The van der Waals surface area contributed by atoms with Crippen LogP contribution in [0.25, 0.3) is 0 Å². The molecular weight excluding hydrogens is 244 g/mol. The van der Waals surface area contributed by atoms with Crippen LogP contribution in [0.3, 0.4) is 0 Å². The maximum atomic E-state index is 12.2. The van der Waals surface area contributed by atoms with Crippen molar-refractivity contribution in [2.24, 2.45) is 17.8 Å². The number of urea groups is 1. The molecule has 108 valence electrons. The van der Waals surface area contributed by atoms with Crippen LogP contribution in [0.2, 0.25) is 0 Å². The van der Waals surface area contributed by atoms with Gasteiger partial charge in [-0.25, -0.2) is 4.79 Å². The summed E-state index contributed by atoms with van der Waals surface area (Å²) < 4.78 is 0. The SMILES string of the molecule is CC(C)C(CNC(=O)N(CC1CC1)C1CC1)C(=O)O. The topological polar surface area (TPSA) is 69.6 Å². The molecule has 2 amide bonds. The molecule has 0 heterocycles. The van der Waals surface area contributed by atoms with Crippen LogP contribution in [0, 0.1) is 17.8 Å². The van der Waals surface area contributed by atoms with Crippen LogP contribution in [0.4, 0.5) is 4.79 Å². The fourth-order valence-electron chi connectivity index (χ4n) is 2.27. The van der Waals surface area contributed by atoms with E-state index in [4.69, 9.17) is 5.11 Å². The minimum Gasteiger partial charge on any atom is -0.481 e. The van der Waals surface area contributed by atoms with Gasteiger partial charge >= 0.3 is 12.0 Å². The van der Waals surface area contributed by atoms with Gasteiger partial charge in [0.2, 0.25) is 0 Å². The lowest BCUT2D eigenvalue weighted by Crippen LogP contribution is -2.45. The lowest BCUT2D eigenvalue weighted by atomic mass is 9.96. The molecule has 2 saturated carbocycles. The van der Waals surface area contributed by atoms with E-state index in [1.165, 1.54) is 12.8 Å². The average molecular weight is 268 g/mol. The molecule has 2 N–H and O–H groups in total. The summed E-state index contributed by atoms with van der Waals surface area (Å²) in [6.07, 6.45) is 4.62. The monoisotopic (exact) mass is 268 g/mol. The van der Waals surface area contributed by atoms with Gasteiger partial charge < -0.3 is 15.3 Å². The maximum absolute atomic E-state index is 12.2. The molecule has 0 aromatic heterocycles. The highest BCUT2D eigenvalue weighted by atomic mass is 16.4. The molecule has 0 saturated heterocycles. The third kappa shape index (κ3) is 4.11. The predicted molar refractivity (Wildman–Crippen MR) is 71.8 cm³/mol. The number of nitrogens with zero attached hydrogens (tertiary/aromatic N) is 1. The molecule has 1 atom stereocenters. The first-order chi connectivity index (χ1) is 8.99. The highest BCUT2D eigenvalue weighted by Gasteiger charge is 2.36. The summed E-state index contributed by atoms with van der Waals surface area (Å²) in [6, 6.07) is 0.309. The first kappa shape index (κ1) is 14.2. The molecule has 1 unspecified atom stereocenters. The third-order valence-electron chi connectivity index (χ3n) is 4.00. The number of nitrogens with one attached hydrogen (secondary N) is 1. The van der Waals surface area contributed by atoms with Crippen molar-refractivity contribution in [1.29, 1.82) is 0 Å². The van der Waals surface area contributed by atoms with Crippen LogP contribution in [0.1, 0.15) is 39.5 Å². The summed E-state index contributed by atoms with van der Waals surface area (Å²) in [5.74, 6) is -0.649. The number of carbonyl (C=O) groups excluding carboxylic acids is 1. The Bertz CT molecular complexity index is 349. The lowest BCUT2D eigenvalue weighted by Gasteiger charge is -2.24. The van der Waals surface area contributed by atoms with Crippen molar-refractivity contribution in [2.75, 3.05) is 13.1 Å². The standard InChI is InChI=1S/C14H24N2O3/c1-9(2)12(13(17)18)7-15-14(19)16(11-5-6-11)8-10-3-4-10/h9-12H,3-8H2,1-2H3,(H,15,19)(H,17,18). The van der Waals surface area contributed by atoms with Crippen molar-refractivity contribution in [3.05, 3.63) is 0 Å². The van der Waals surface area contributed by atoms with Crippen molar-refractivity contribution in [3.8, 4) is 0 Å². The third-order valence-corrected chi connectivity index (χ3v) is 4.00. The van der Waals surface area contributed by atoms with Crippen LogP contribution in [0.5, 0.6) is 0 Å². The largest absolute Gasteiger partial charge is 0.481 e. The average Bonchev–Trinajstić information content (AvgIpc) is 3.17. The number of amides is 2. The summed E-state index contributed by atoms with van der Waals surface area (Å²) in [7, 11) is 0. The summed E-state index contributed by atoms with van der Waals surface area (Å²) in [5, 5.41) is 11.9. The fraction of sp³-hybridized carbons (Fsp3) is 0.857. The van der Waals surface area contributed by atoms with Crippen LogP contribution in [0.15, 0.2) is 0 Å². The Hall–Kier alpha value is -1.26. The molecule has 2 aliphatic rings. The molecule has 2 fully saturated rings. The first-order valence-corrected chi connectivity index (χ1v) is 7.26. The highest BCUT2D eigenvalue weighted by molar-refractivity contribution is 5.76. The van der Waals surface area contributed by atoms with E-state index in [1.807, 2.05) is 18.7 Å². The molecule has 0 aliphatic heterocycles. The van der Waals surface area contributed by atoms with Gasteiger partial charge in [-0.05, 0) is 37.5 Å². The number of carboxylic acid groups (broad SMARTS) is 1. The van der Waals surface area contributed by atoms with Gasteiger partial charge in [-0.15, -0.1) is 0 Å². The number of carboxylic acids is 1. The Morgan fingerprint density at radius 2 is 1.89 bits per heavy atom. The Morgan fingerprint density at radius 1 is 1.26 bits per heavy atom. The number of carbonyl (C=O) groups is 2. The molecule has 2 rings (SSSR count). The normalized spacial score (nSPS) is 20.2. The smallest absolute Gasteiger partial charge is 0.317 e. The number of hydrogen-bond acceptors (Lipinski definition) is 2. The molecule has 0 bridgehead atoms. The second-order valence-electron chi connectivity index (χ2n) is 6.20. The Kier molecular flexibility index (Phi) is 4.32. The summed E-state index contributed by atoms with van der Waals surface area (Å²) >= 11 is 0. The number of rotatable bonds is 7. The van der Waals surface area contributed by atoms with E-state index in [-0.39, 0.29) is 18.5 Å². The maximum Gasteiger partial charge on any atom is 0.317 e. The number of hydrogen-bond donors (Lipinski definition) is 2. The zero-order chi connectivity index (χ0) is 14.0. The lowest BCUT2D eigenvalue weighted by molar-refractivity contribution is -0.142. The Labute approximate surface area is 114 Å². The van der Waals surface area contributed by atoms with Gasteiger partial charge in [-0.1, -0.05) is 13.8 Å². The van der Waals surface area contributed by atoms with Crippen LogP contribution in [-0.2, 0) is 4.79 Å². The van der Waals surface area contributed by atoms with Gasteiger partial charge in [0, 0.05) is 19.1 Å². The molecule has 0 aromatic carbocycles. The minimum atomic E-state index is -0.838. The minimum absolute atomic E-state index is 0.0237. The molecule has 0 aromatic rings. The second kappa shape index (κ2) is 5.80. The van der Waals surface area contributed by atoms with Crippen molar-refractivity contribution in [3.63, 3.8) is 0 Å². The van der Waals surface area contributed by atoms with E-state index in [2.05, 4.69) is 5.32 Å². The van der Waals surface area contributed by atoms with E-state index < -0.39 is 11.9 Å². The van der Waals surface area contributed by atoms with E-state index in [0.717, 1.165) is 19.4 Å². The zero-order valence-corrected chi connectivity index (χ0v) is 11.8. The van der Waals surface area contributed by atoms with Gasteiger partial charge in [0.15, 0.2) is 0 Å². The highest BCUT2D eigenvalue weighted by Crippen LogP contribution is 2.34. The molecule has 2 aliphatic carbocycles. The van der Waals surface area contributed by atoms with Crippen molar-refractivity contribution >= 4 is 12.0 Å². The summed E-state index contributed by atoms with van der Waals surface area (Å²) in [4.78, 5) is 25.2. The molecule has 0 radical (unpaired) electrons. The number of aliphatic carboxylic acids is 1. The van der Waals surface area contributed by atoms with E-state index in [9.17, 15) is 9.59 Å². The van der Waals surface area contributed by atoms with Crippen molar-refractivity contribution < 1.29 is 14.7 Å². The van der Waals surface area contributed by atoms with E-state index >= 15 is 0 Å². The van der Waals surface area contributed by atoms with E-state index in [1.54, 1.807) is 0 Å². The molecule has 19 heavy (non-hydrogen) atoms. The molecule has 5 heteroatoms. The fourth-order valence-corrected chi connectivity index (χ4v) is 2.27. The van der Waals surface area contributed by atoms with Gasteiger partial charge in [-0.2, -0.15) is 0 Å². The molecule has 5 nitrogen and oxygen atoms in total. The van der Waals surface area contributed by atoms with Gasteiger partial charge in [0.1, 0.15) is 0 Å². The quantitative estimate of drug-likeness (QED) is 0.741. The van der Waals surface area contributed by atoms with Crippen molar-refractivity contribution in [1.82, 2.24) is 10.2 Å². The van der Waals surface area contributed by atoms with Gasteiger partial charge in [0.05, 0.1) is 5.92 Å². The van der Waals surface area contributed by atoms with Gasteiger partial charge in [-0.3, -0.25) is 4.79 Å². The van der Waals surface area contributed by atoms with E-state index in [0.29, 0.717) is 12.0 Å². The Balaban J connectivity index is 1.82. The summed E-state index contributed by atoms with van der Waals surface area (Å²) in [6.45, 7) is 4.80. The van der Waals surface area contributed by atoms with Crippen LogP contribution in [-0.4, -0.2) is 41.1 Å². The first-order valence-electron chi connectivity index (χ1n) is 7.26. The van der Waals surface area contributed by atoms with Crippen LogP contribution < -0.4 is 5.32 Å². The zero-order valence-electron chi connectivity index (χ0n) is 11.8. The second-order valence-corrected chi connectivity index (χ2v) is 6.20.